The van der Waals surface area contributed by atoms with Crippen LogP contribution >= 0.6 is 11.3 Å². The van der Waals surface area contributed by atoms with Crippen molar-refractivity contribution in [3.8, 4) is 0 Å². The molecule has 6 heteroatoms. The zero-order valence-corrected chi connectivity index (χ0v) is 13.4. The van der Waals surface area contributed by atoms with E-state index in [2.05, 4.69) is 4.98 Å². The summed E-state index contributed by atoms with van der Waals surface area (Å²) in [5.74, 6) is 0.501. The SMILES string of the molecule is Cn1ccnc1C(=O)C1CCCN(C(=O)Cc2cccs2)C1. The predicted molar refractivity (Wildman–Crippen MR) is 84.9 cm³/mol. The first-order valence-electron chi connectivity index (χ1n) is 7.47. The number of thiophene rings is 1. The van der Waals surface area contributed by atoms with E-state index in [1.54, 1.807) is 28.3 Å². The molecule has 1 unspecified atom stereocenters. The molecule has 0 aliphatic carbocycles. The second-order valence-corrected chi connectivity index (χ2v) is 6.69. The van der Waals surface area contributed by atoms with Gasteiger partial charge in [-0.2, -0.15) is 0 Å². The highest BCUT2D eigenvalue weighted by Gasteiger charge is 2.30. The number of piperidine rings is 1. The lowest BCUT2D eigenvalue weighted by Crippen LogP contribution is -2.43. The fraction of sp³-hybridized carbons (Fsp3) is 0.438. The van der Waals surface area contributed by atoms with Gasteiger partial charge in [0.2, 0.25) is 11.7 Å². The van der Waals surface area contributed by atoms with Crippen LogP contribution in [0.3, 0.4) is 0 Å². The van der Waals surface area contributed by atoms with Gasteiger partial charge in [-0.05, 0) is 24.3 Å². The maximum atomic E-state index is 12.5. The van der Waals surface area contributed by atoms with E-state index >= 15 is 0 Å². The normalized spacial score (nSPS) is 18.4. The van der Waals surface area contributed by atoms with Crippen molar-refractivity contribution in [1.82, 2.24) is 14.5 Å². The van der Waals surface area contributed by atoms with E-state index in [-0.39, 0.29) is 17.6 Å². The maximum absolute atomic E-state index is 12.5. The van der Waals surface area contributed by atoms with Gasteiger partial charge in [-0.3, -0.25) is 9.59 Å². The van der Waals surface area contributed by atoms with Gasteiger partial charge < -0.3 is 9.47 Å². The van der Waals surface area contributed by atoms with Crippen LogP contribution < -0.4 is 0 Å². The van der Waals surface area contributed by atoms with Crippen molar-refractivity contribution in [2.75, 3.05) is 13.1 Å². The summed E-state index contributed by atoms with van der Waals surface area (Å²) in [5.41, 5.74) is 0. The Hall–Kier alpha value is -1.95. The Balaban J connectivity index is 1.65. The fourth-order valence-electron chi connectivity index (χ4n) is 2.88. The first-order valence-corrected chi connectivity index (χ1v) is 8.35. The van der Waals surface area contributed by atoms with Gasteiger partial charge in [0.15, 0.2) is 5.82 Å². The minimum atomic E-state index is -0.137. The molecule has 0 bridgehead atoms. The summed E-state index contributed by atoms with van der Waals surface area (Å²) < 4.78 is 1.74. The molecule has 0 N–H and O–H groups in total. The van der Waals surface area contributed by atoms with Crippen molar-refractivity contribution in [3.63, 3.8) is 0 Å². The number of hydrogen-bond acceptors (Lipinski definition) is 4. The van der Waals surface area contributed by atoms with Crippen LogP contribution in [0.2, 0.25) is 0 Å². The number of carbonyl (C=O) groups is 2. The number of carbonyl (C=O) groups excluding carboxylic acids is 2. The zero-order valence-electron chi connectivity index (χ0n) is 12.6. The molecule has 3 heterocycles. The molecule has 0 saturated carbocycles. The summed E-state index contributed by atoms with van der Waals surface area (Å²) in [6.45, 7) is 1.25. The Morgan fingerprint density at radius 3 is 3.00 bits per heavy atom. The van der Waals surface area contributed by atoms with Crippen LogP contribution in [-0.2, 0) is 18.3 Å². The van der Waals surface area contributed by atoms with Crippen molar-refractivity contribution in [2.45, 2.75) is 19.3 Å². The molecule has 2 aromatic rings. The molecular weight excluding hydrogens is 298 g/mol. The average Bonchev–Trinajstić information content (AvgIpc) is 3.18. The lowest BCUT2D eigenvalue weighted by molar-refractivity contribution is -0.131. The Kier molecular flexibility index (Phi) is 4.38. The Morgan fingerprint density at radius 1 is 1.45 bits per heavy atom. The molecule has 1 atom stereocenters. The van der Waals surface area contributed by atoms with E-state index < -0.39 is 0 Å². The van der Waals surface area contributed by atoms with E-state index in [9.17, 15) is 9.59 Å². The molecule has 22 heavy (non-hydrogen) atoms. The summed E-state index contributed by atoms with van der Waals surface area (Å²) in [6.07, 6.45) is 5.54. The second kappa shape index (κ2) is 6.44. The molecule has 1 aliphatic rings. The Bertz CT molecular complexity index is 663. The van der Waals surface area contributed by atoms with Gasteiger partial charge in [0.1, 0.15) is 0 Å². The number of likely N-dealkylation sites (tertiary alicyclic amines) is 1. The molecule has 3 rings (SSSR count). The molecule has 1 fully saturated rings. The van der Waals surface area contributed by atoms with Crippen LogP contribution in [0.25, 0.3) is 0 Å². The number of aryl methyl sites for hydroxylation is 1. The molecule has 0 radical (unpaired) electrons. The second-order valence-electron chi connectivity index (χ2n) is 5.66. The summed E-state index contributed by atoms with van der Waals surface area (Å²) in [5, 5.41) is 1.98. The summed E-state index contributed by atoms with van der Waals surface area (Å²) in [4.78, 5) is 32.0. The van der Waals surface area contributed by atoms with Crippen LogP contribution in [0.1, 0.15) is 28.3 Å². The van der Waals surface area contributed by atoms with Crippen LogP contribution in [0.15, 0.2) is 29.9 Å². The number of ketones is 1. The standard InChI is InChI=1S/C16H19N3O2S/c1-18-8-6-17-16(18)15(21)12-4-2-7-19(11-12)14(20)10-13-5-3-9-22-13/h3,5-6,8-9,12H,2,4,7,10-11H2,1H3. The van der Waals surface area contributed by atoms with Gasteiger partial charge in [-0.25, -0.2) is 4.98 Å². The van der Waals surface area contributed by atoms with Gasteiger partial charge in [0, 0.05) is 43.3 Å². The largest absolute Gasteiger partial charge is 0.342 e. The number of imidazole rings is 1. The Morgan fingerprint density at radius 2 is 2.32 bits per heavy atom. The lowest BCUT2D eigenvalue weighted by Gasteiger charge is -2.31. The third-order valence-electron chi connectivity index (χ3n) is 4.09. The molecule has 1 saturated heterocycles. The summed E-state index contributed by atoms with van der Waals surface area (Å²) >= 11 is 1.59. The van der Waals surface area contributed by atoms with Crippen molar-refractivity contribution in [3.05, 3.63) is 40.6 Å². The third kappa shape index (κ3) is 3.11. The van der Waals surface area contributed by atoms with Crippen molar-refractivity contribution >= 4 is 23.0 Å². The number of nitrogens with zero attached hydrogens (tertiary/aromatic N) is 3. The monoisotopic (exact) mass is 317 g/mol. The summed E-state index contributed by atoms with van der Waals surface area (Å²) in [6, 6.07) is 3.93. The number of hydrogen-bond donors (Lipinski definition) is 0. The topological polar surface area (TPSA) is 55.2 Å². The van der Waals surface area contributed by atoms with E-state index in [1.807, 2.05) is 29.5 Å². The molecule has 2 aromatic heterocycles. The number of aromatic nitrogens is 2. The minimum Gasteiger partial charge on any atom is -0.342 e. The maximum Gasteiger partial charge on any atom is 0.227 e. The fourth-order valence-corrected chi connectivity index (χ4v) is 3.57. The predicted octanol–water partition coefficient (Wildman–Crippen LogP) is 2.15. The number of rotatable bonds is 4. The highest BCUT2D eigenvalue weighted by atomic mass is 32.1. The smallest absolute Gasteiger partial charge is 0.227 e. The average molecular weight is 317 g/mol. The number of amides is 1. The molecule has 0 spiro atoms. The van der Waals surface area contributed by atoms with Crippen LogP contribution in [-0.4, -0.2) is 39.2 Å². The highest BCUT2D eigenvalue weighted by molar-refractivity contribution is 7.10. The van der Waals surface area contributed by atoms with Gasteiger partial charge in [0.25, 0.3) is 0 Å². The highest BCUT2D eigenvalue weighted by Crippen LogP contribution is 2.21. The molecule has 116 valence electrons. The molecule has 1 amide bonds. The Labute approximate surface area is 133 Å². The van der Waals surface area contributed by atoms with Crippen LogP contribution in [0.4, 0.5) is 0 Å². The van der Waals surface area contributed by atoms with Crippen molar-refractivity contribution < 1.29 is 9.59 Å². The van der Waals surface area contributed by atoms with E-state index in [0.29, 0.717) is 18.8 Å². The summed E-state index contributed by atoms with van der Waals surface area (Å²) in [7, 11) is 1.82. The van der Waals surface area contributed by atoms with E-state index in [0.717, 1.165) is 24.3 Å². The van der Waals surface area contributed by atoms with Gasteiger partial charge in [-0.1, -0.05) is 6.07 Å². The first kappa shape index (κ1) is 15.0. The van der Waals surface area contributed by atoms with Crippen molar-refractivity contribution in [2.24, 2.45) is 13.0 Å². The van der Waals surface area contributed by atoms with Gasteiger partial charge in [-0.15, -0.1) is 11.3 Å². The third-order valence-corrected chi connectivity index (χ3v) is 4.97. The van der Waals surface area contributed by atoms with E-state index in [4.69, 9.17) is 0 Å². The zero-order chi connectivity index (χ0) is 15.5. The van der Waals surface area contributed by atoms with Crippen LogP contribution in [0, 0.1) is 5.92 Å². The molecular formula is C16H19N3O2S. The van der Waals surface area contributed by atoms with Gasteiger partial charge >= 0.3 is 0 Å². The number of Topliss-reactive ketones (excluding diaryl/α,β-unsaturated/α-hetero) is 1. The van der Waals surface area contributed by atoms with Crippen molar-refractivity contribution in [1.29, 1.82) is 0 Å². The minimum absolute atomic E-state index is 0.0427. The van der Waals surface area contributed by atoms with E-state index in [1.165, 1.54) is 0 Å². The van der Waals surface area contributed by atoms with Crippen LogP contribution in [0.5, 0.6) is 0 Å². The molecule has 1 aliphatic heterocycles. The molecule has 0 aromatic carbocycles. The molecule has 5 nitrogen and oxygen atoms in total. The first-order chi connectivity index (χ1) is 10.6. The lowest BCUT2D eigenvalue weighted by atomic mass is 9.93. The van der Waals surface area contributed by atoms with Gasteiger partial charge in [0.05, 0.1) is 6.42 Å². The quantitative estimate of drug-likeness (QED) is 0.812.